The third kappa shape index (κ3) is 6.72. The van der Waals surface area contributed by atoms with E-state index in [0.29, 0.717) is 24.7 Å². The van der Waals surface area contributed by atoms with Crippen molar-refractivity contribution in [2.24, 2.45) is 23.7 Å². The normalized spacial score (nSPS) is 28.8. The first-order chi connectivity index (χ1) is 10.8. The van der Waals surface area contributed by atoms with Crippen molar-refractivity contribution in [3.05, 3.63) is 0 Å². The summed E-state index contributed by atoms with van der Waals surface area (Å²) < 4.78 is 5.95. The maximum absolute atomic E-state index is 13.8. The van der Waals surface area contributed by atoms with E-state index in [1.807, 2.05) is 0 Å². The number of rotatable bonds is 6. The molecule has 0 aromatic rings. The molecule has 2 unspecified atom stereocenters. The second-order valence-electron chi connectivity index (χ2n) is 10.1. The van der Waals surface area contributed by atoms with Gasteiger partial charge in [-0.15, -0.1) is 5.60 Å². The van der Waals surface area contributed by atoms with Gasteiger partial charge in [0.25, 0.3) is 0 Å². The van der Waals surface area contributed by atoms with Crippen LogP contribution in [0.2, 0.25) is 25.2 Å². The predicted molar refractivity (Wildman–Crippen MR) is 102 cm³/mol. The summed E-state index contributed by atoms with van der Waals surface area (Å²) in [5, 5.41) is 13.8. The molecule has 1 aliphatic rings. The van der Waals surface area contributed by atoms with Gasteiger partial charge in [0.2, 0.25) is 0 Å². The first-order valence-electron chi connectivity index (χ1n) is 9.68. The molecule has 1 aliphatic carbocycles. The van der Waals surface area contributed by atoms with E-state index in [4.69, 9.17) is 4.74 Å². The van der Waals surface area contributed by atoms with Crippen LogP contribution in [0.1, 0.15) is 60.8 Å². The van der Waals surface area contributed by atoms with E-state index in [-0.39, 0.29) is 42.8 Å². The minimum Gasteiger partial charge on any atom is -0.849 e. The molecule has 0 N–H and O–H groups in total. The minimum atomic E-state index is -1.99. The molecule has 0 spiro atoms. The molecule has 3 nitrogen and oxygen atoms in total. The average molecular weight is 363 g/mol. The molecule has 0 amide bonds. The third-order valence-corrected chi connectivity index (χ3v) is 7.88. The van der Waals surface area contributed by atoms with E-state index in [1.54, 1.807) is 0 Å². The van der Waals surface area contributed by atoms with Gasteiger partial charge in [-0.05, 0) is 30.1 Å². The Hall–Kier alpha value is 0.244. The van der Waals surface area contributed by atoms with Crippen LogP contribution >= 0.6 is 0 Å². The average Bonchev–Trinajstić information content (AvgIpc) is 2.30. The summed E-state index contributed by atoms with van der Waals surface area (Å²) >= 11 is 0. The van der Waals surface area contributed by atoms with Gasteiger partial charge in [-0.25, -0.2) is 0 Å². The number of carbonyl (C=O) groups excluding carboxylic acids is 1. The third-order valence-electron chi connectivity index (χ3n) is 5.39. The zero-order valence-electron chi connectivity index (χ0n) is 18.3. The molecule has 1 rings (SSSR count). The molecular formula is C20H39LiO3Si. The van der Waals surface area contributed by atoms with Gasteiger partial charge in [-0.1, -0.05) is 74.0 Å². The molecule has 1 saturated carbocycles. The van der Waals surface area contributed by atoms with E-state index in [0.717, 1.165) is 6.42 Å². The second-order valence-corrected chi connectivity index (χ2v) is 15.4. The van der Waals surface area contributed by atoms with Crippen LogP contribution in [0.3, 0.4) is 0 Å². The molecule has 0 radical (unpaired) electrons. The SMILES string of the molecule is CC1CC(C)CC([O-])([C@H](C(=O)OC(C(C)C)C(C)C)[Si](C)(C)C)C1.[Li+]. The standard InChI is InChI=1S/C20H39O3Si.Li/c1-13(2)17(14(3)4)23-19(21)18(24(7,8)9)20(22)11-15(5)10-16(6)12-20;/h13-18H,10-12H2,1-9H3;/q-1;+1/t15?,16?,18-,20?;/m0./s1. The number of hydrogen-bond acceptors (Lipinski definition) is 3. The van der Waals surface area contributed by atoms with Gasteiger partial charge in [0, 0.05) is 5.54 Å². The molecule has 0 aromatic carbocycles. The summed E-state index contributed by atoms with van der Waals surface area (Å²) in [6.45, 7) is 19.1. The molecular weight excluding hydrogens is 323 g/mol. The summed E-state index contributed by atoms with van der Waals surface area (Å²) in [5.41, 5.74) is -1.62. The number of ether oxygens (including phenoxy) is 1. The van der Waals surface area contributed by atoms with Crippen molar-refractivity contribution in [3.8, 4) is 0 Å². The fraction of sp³-hybridized carbons (Fsp3) is 0.950. The number of esters is 1. The summed E-state index contributed by atoms with van der Waals surface area (Å²) in [7, 11) is -1.99. The molecule has 0 heterocycles. The van der Waals surface area contributed by atoms with E-state index in [1.165, 1.54) is 0 Å². The van der Waals surface area contributed by atoms with E-state index in [2.05, 4.69) is 61.2 Å². The van der Waals surface area contributed by atoms with Crippen molar-refractivity contribution in [1.82, 2.24) is 0 Å². The Morgan fingerprint density at radius 3 is 1.76 bits per heavy atom. The van der Waals surface area contributed by atoms with Gasteiger partial charge in [0.1, 0.15) is 6.10 Å². The van der Waals surface area contributed by atoms with Crippen LogP contribution in [0.25, 0.3) is 0 Å². The molecule has 1 fully saturated rings. The summed E-state index contributed by atoms with van der Waals surface area (Å²) in [5.74, 6) is 1.09. The van der Waals surface area contributed by atoms with Crippen molar-refractivity contribution in [2.45, 2.75) is 97.7 Å². The molecule has 0 saturated heterocycles. The minimum absolute atomic E-state index is 0. The Kier molecular flexibility index (Phi) is 9.54. The molecule has 25 heavy (non-hydrogen) atoms. The van der Waals surface area contributed by atoms with Crippen LogP contribution in [0, 0.1) is 23.7 Å². The zero-order chi connectivity index (χ0) is 18.9. The number of carbonyl (C=O) groups is 1. The topological polar surface area (TPSA) is 49.4 Å². The zero-order valence-corrected chi connectivity index (χ0v) is 19.3. The van der Waals surface area contributed by atoms with Gasteiger partial charge < -0.3 is 9.84 Å². The Morgan fingerprint density at radius 1 is 1.04 bits per heavy atom. The fourth-order valence-electron chi connectivity index (χ4n) is 4.95. The van der Waals surface area contributed by atoms with Crippen molar-refractivity contribution in [2.75, 3.05) is 0 Å². The van der Waals surface area contributed by atoms with Crippen LogP contribution < -0.4 is 24.0 Å². The Morgan fingerprint density at radius 2 is 1.44 bits per heavy atom. The Labute approximate surface area is 168 Å². The van der Waals surface area contributed by atoms with Crippen LogP contribution in [-0.2, 0) is 9.53 Å². The first kappa shape index (κ1) is 25.2. The summed E-state index contributed by atoms with van der Waals surface area (Å²) in [6, 6.07) is 0. The van der Waals surface area contributed by atoms with Gasteiger partial charge in [0.05, 0.1) is 8.07 Å². The maximum Gasteiger partial charge on any atom is 1.00 e. The van der Waals surface area contributed by atoms with Gasteiger partial charge in [-0.3, -0.25) is 4.79 Å². The molecule has 0 bridgehead atoms. The monoisotopic (exact) mass is 362 g/mol. The second kappa shape index (κ2) is 9.44. The van der Waals surface area contributed by atoms with Crippen LogP contribution in [0.15, 0.2) is 0 Å². The maximum atomic E-state index is 13.8. The van der Waals surface area contributed by atoms with E-state index < -0.39 is 19.2 Å². The van der Waals surface area contributed by atoms with Crippen LogP contribution in [0.5, 0.6) is 0 Å². The first-order valence-corrected chi connectivity index (χ1v) is 13.3. The molecule has 0 aliphatic heterocycles. The van der Waals surface area contributed by atoms with Crippen molar-refractivity contribution in [3.63, 3.8) is 0 Å². The molecule has 142 valence electrons. The van der Waals surface area contributed by atoms with E-state index in [9.17, 15) is 9.90 Å². The quantitative estimate of drug-likeness (QED) is 0.531. The summed E-state index contributed by atoms with van der Waals surface area (Å²) in [6.07, 6.45) is 2.20. The molecule has 5 heteroatoms. The van der Waals surface area contributed by atoms with Crippen LogP contribution in [0.4, 0.5) is 0 Å². The van der Waals surface area contributed by atoms with Crippen LogP contribution in [-0.4, -0.2) is 25.7 Å². The largest absolute Gasteiger partial charge is 1.00 e. The molecule has 0 aromatic heterocycles. The van der Waals surface area contributed by atoms with Crippen molar-refractivity contribution in [1.29, 1.82) is 0 Å². The van der Waals surface area contributed by atoms with Gasteiger partial charge >= 0.3 is 24.8 Å². The smallest absolute Gasteiger partial charge is 0.849 e. The molecule has 3 atom stereocenters. The Bertz CT molecular complexity index is 413. The number of hydrogen-bond donors (Lipinski definition) is 0. The van der Waals surface area contributed by atoms with Gasteiger partial charge in [0.15, 0.2) is 0 Å². The summed E-state index contributed by atoms with van der Waals surface area (Å²) in [4.78, 5) is 13.1. The predicted octanol–water partition coefficient (Wildman–Crippen LogP) is 1.48. The van der Waals surface area contributed by atoms with Gasteiger partial charge in [-0.2, -0.15) is 0 Å². The van der Waals surface area contributed by atoms with E-state index >= 15 is 0 Å². The van der Waals surface area contributed by atoms with Crippen molar-refractivity contribution >= 4 is 14.0 Å². The van der Waals surface area contributed by atoms with Crippen molar-refractivity contribution < 1.29 is 33.5 Å². The Balaban J connectivity index is 0.00000576. The fourth-order valence-corrected chi connectivity index (χ4v) is 7.54.